The van der Waals surface area contributed by atoms with Gasteiger partial charge in [0, 0.05) is 13.1 Å². The molecule has 25 heavy (non-hydrogen) atoms. The lowest BCUT2D eigenvalue weighted by Gasteiger charge is -2.26. The Balaban J connectivity index is 1.66. The van der Waals surface area contributed by atoms with Gasteiger partial charge in [0.1, 0.15) is 0 Å². The molecule has 4 rings (SSSR count). The summed E-state index contributed by atoms with van der Waals surface area (Å²) in [5.74, 6) is 0.622. The van der Waals surface area contributed by atoms with E-state index >= 15 is 0 Å². The van der Waals surface area contributed by atoms with Crippen LogP contribution in [0.1, 0.15) is 30.4 Å². The van der Waals surface area contributed by atoms with Crippen LogP contribution in [0.4, 0.5) is 0 Å². The fraction of sp³-hybridized carbons (Fsp3) is 0.421. The number of nitrogens with zero attached hydrogens (tertiary/aromatic N) is 4. The first kappa shape index (κ1) is 16.4. The lowest BCUT2D eigenvalue weighted by Crippen LogP contribution is -2.36. The van der Waals surface area contributed by atoms with E-state index in [0.29, 0.717) is 5.75 Å². The van der Waals surface area contributed by atoms with Gasteiger partial charge in [-0.15, -0.1) is 10.2 Å². The van der Waals surface area contributed by atoms with Gasteiger partial charge in [0.05, 0.1) is 11.3 Å². The van der Waals surface area contributed by atoms with Crippen molar-refractivity contribution in [1.29, 1.82) is 0 Å². The van der Waals surface area contributed by atoms with Crippen molar-refractivity contribution in [2.75, 3.05) is 18.8 Å². The van der Waals surface area contributed by atoms with E-state index in [9.17, 15) is 4.79 Å². The van der Waals surface area contributed by atoms with Crippen molar-refractivity contribution in [2.24, 2.45) is 0 Å². The number of likely N-dealkylation sites (tertiary alicyclic amines) is 1. The molecule has 0 unspecified atom stereocenters. The van der Waals surface area contributed by atoms with Crippen molar-refractivity contribution in [3.8, 4) is 0 Å². The summed E-state index contributed by atoms with van der Waals surface area (Å²) in [6.07, 6.45) is 3.47. The Morgan fingerprint density at radius 1 is 1.12 bits per heavy atom. The van der Waals surface area contributed by atoms with Crippen LogP contribution in [0.5, 0.6) is 0 Å². The maximum atomic E-state index is 12.5. The summed E-state index contributed by atoms with van der Waals surface area (Å²) in [5, 5.41) is 10.7. The van der Waals surface area contributed by atoms with Crippen molar-refractivity contribution < 1.29 is 4.79 Å². The quantitative estimate of drug-likeness (QED) is 0.674. The molecule has 0 aliphatic carbocycles. The van der Waals surface area contributed by atoms with Gasteiger partial charge < -0.3 is 4.90 Å². The molecule has 6 heteroatoms. The number of fused-ring (bicyclic) bond motifs is 3. The molecule has 3 aromatic rings. The van der Waals surface area contributed by atoms with Gasteiger partial charge in [-0.2, -0.15) is 0 Å². The first-order valence-corrected chi connectivity index (χ1v) is 9.78. The molecule has 0 bridgehead atoms. The van der Waals surface area contributed by atoms with E-state index in [2.05, 4.69) is 52.7 Å². The molecule has 0 saturated carbocycles. The number of carbonyl (C=O) groups excluding carboxylic acids is 1. The summed E-state index contributed by atoms with van der Waals surface area (Å²) in [5.41, 5.74) is 4.26. The highest BCUT2D eigenvalue weighted by Gasteiger charge is 2.19. The molecule has 1 aromatic carbocycles. The molecule has 130 valence electrons. The first-order chi connectivity index (χ1) is 12.1. The second-order valence-corrected chi connectivity index (χ2v) is 7.70. The summed E-state index contributed by atoms with van der Waals surface area (Å²) in [7, 11) is 0. The van der Waals surface area contributed by atoms with Crippen LogP contribution >= 0.6 is 11.8 Å². The molecular weight excluding hydrogens is 332 g/mol. The van der Waals surface area contributed by atoms with Crippen LogP contribution in [0.25, 0.3) is 16.6 Å². The molecule has 1 aliphatic heterocycles. The molecular formula is C19H22N4OS. The second-order valence-electron chi connectivity index (χ2n) is 6.76. The maximum Gasteiger partial charge on any atom is 0.233 e. The fourth-order valence-electron chi connectivity index (χ4n) is 3.46. The van der Waals surface area contributed by atoms with Gasteiger partial charge in [-0.3, -0.25) is 9.20 Å². The van der Waals surface area contributed by atoms with Crippen molar-refractivity contribution in [3.05, 3.63) is 35.4 Å². The number of benzene rings is 1. The van der Waals surface area contributed by atoms with Crippen LogP contribution in [0, 0.1) is 13.8 Å². The normalized spacial score (nSPS) is 15.2. The summed E-state index contributed by atoms with van der Waals surface area (Å²) < 4.78 is 2.09. The van der Waals surface area contributed by atoms with Crippen molar-refractivity contribution in [2.45, 2.75) is 38.3 Å². The van der Waals surface area contributed by atoms with Gasteiger partial charge in [-0.1, -0.05) is 23.9 Å². The molecule has 0 N–H and O–H groups in total. The largest absolute Gasteiger partial charge is 0.342 e. The van der Waals surface area contributed by atoms with Crippen LogP contribution in [0.15, 0.2) is 29.4 Å². The topological polar surface area (TPSA) is 50.5 Å². The third-order valence-electron chi connectivity index (χ3n) is 4.82. The van der Waals surface area contributed by atoms with Gasteiger partial charge >= 0.3 is 0 Å². The Morgan fingerprint density at radius 3 is 2.72 bits per heavy atom. The molecule has 0 atom stereocenters. The van der Waals surface area contributed by atoms with E-state index in [1.165, 1.54) is 29.1 Å². The zero-order chi connectivity index (χ0) is 17.4. The number of pyridine rings is 1. The summed E-state index contributed by atoms with van der Waals surface area (Å²) in [6.45, 7) is 5.92. The predicted octanol–water partition coefficient (Wildman–Crippen LogP) is 3.60. The SMILES string of the molecule is Cc1ccc2cc(C)c3nnc(SCC(=O)N4CCCCC4)n3c2c1. The first-order valence-electron chi connectivity index (χ1n) is 8.79. The molecule has 1 aliphatic rings. The zero-order valence-electron chi connectivity index (χ0n) is 14.7. The maximum absolute atomic E-state index is 12.5. The minimum atomic E-state index is 0.203. The number of carbonyl (C=O) groups is 1. The zero-order valence-corrected chi connectivity index (χ0v) is 15.5. The molecule has 1 fully saturated rings. The Hall–Kier alpha value is -2.08. The van der Waals surface area contributed by atoms with Crippen molar-refractivity contribution in [3.63, 3.8) is 0 Å². The van der Waals surface area contributed by atoms with E-state index < -0.39 is 0 Å². The summed E-state index contributed by atoms with van der Waals surface area (Å²) >= 11 is 1.49. The molecule has 5 nitrogen and oxygen atoms in total. The third-order valence-corrected chi connectivity index (χ3v) is 5.73. The Kier molecular flexibility index (Phi) is 4.37. The van der Waals surface area contributed by atoms with Crippen LogP contribution in [-0.2, 0) is 4.79 Å². The van der Waals surface area contributed by atoms with E-state index in [1.54, 1.807) is 0 Å². The van der Waals surface area contributed by atoms with Gasteiger partial charge in [0.25, 0.3) is 0 Å². The predicted molar refractivity (Wildman–Crippen MR) is 101 cm³/mol. The number of aryl methyl sites for hydroxylation is 2. The number of hydrogen-bond donors (Lipinski definition) is 0. The van der Waals surface area contributed by atoms with Crippen molar-refractivity contribution in [1.82, 2.24) is 19.5 Å². The standard InChI is InChI=1S/C19H22N4OS/c1-13-6-7-15-11-14(2)18-20-21-19(23(18)16(15)10-13)25-12-17(24)22-8-4-3-5-9-22/h6-7,10-11H,3-5,8-9,12H2,1-2H3. The lowest BCUT2D eigenvalue weighted by atomic mass is 10.1. The number of piperidine rings is 1. The number of amides is 1. The lowest BCUT2D eigenvalue weighted by molar-refractivity contribution is -0.129. The number of thioether (sulfide) groups is 1. The smallest absolute Gasteiger partial charge is 0.233 e. The monoisotopic (exact) mass is 354 g/mol. The Morgan fingerprint density at radius 2 is 1.92 bits per heavy atom. The third kappa shape index (κ3) is 3.11. The number of aromatic nitrogens is 3. The van der Waals surface area contributed by atoms with Gasteiger partial charge in [-0.25, -0.2) is 0 Å². The Labute approximate surface area is 151 Å². The van der Waals surface area contributed by atoms with Crippen LogP contribution < -0.4 is 0 Å². The summed E-state index contributed by atoms with van der Waals surface area (Å²) in [6, 6.07) is 8.54. The molecule has 2 aromatic heterocycles. The van der Waals surface area contributed by atoms with E-state index in [1.807, 2.05) is 4.90 Å². The molecule has 1 saturated heterocycles. The molecule has 1 amide bonds. The molecule has 0 radical (unpaired) electrons. The van der Waals surface area contributed by atoms with Gasteiger partial charge in [-0.05, 0) is 61.8 Å². The van der Waals surface area contributed by atoms with Crippen LogP contribution in [0.3, 0.4) is 0 Å². The van der Waals surface area contributed by atoms with Crippen LogP contribution in [0.2, 0.25) is 0 Å². The average Bonchev–Trinajstić information content (AvgIpc) is 3.06. The average molecular weight is 354 g/mol. The highest BCUT2D eigenvalue weighted by atomic mass is 32.2. The Bertz CT molecular complexity index is 943. The van der Waals surface area contributed by atoms with Crippen molar-refractivity contribution >= 4 is 34.2 Å². The van der Waals surface area contributed by atoms with Gasteiger partial charge in [0.15, 0.2) is 10.8 Å². The summed E-state index contributed by atoms with van der Waals surface area (Å²) in [4.78, 5) is 14.4. The van der Waals surface area contributed by atoms with Gasteiger partial charge in [0.2, 0.25) is 5.91 Å². The number of rotatable bonds is 3. The molecule has 0 spiro atoms. The molecule has 3 heterocycles. The van der Waals surface area contributed by atoms with E-state index in [4.69, 9.17) is 0 Å². The highest BCUT2D eigenvalue weighted by molar-refractivity contribution is 7.99. The fourth-order valence-corrected chi connectivity index (χ4v) is 4.31. The van der Waals surface area contributed by atoms with Crippen LogP contribution in [-0.4, -0.2) is 44.2 Å². The van der Waals surface area contributed by atoms with E-state index in [-0.39, 0.29) is 5.91 Å². The highest BCUT2D eigenvalue weighted by Crippen LogP contribution is 2.26. The second kappa shape index (κ2) is 6.67. The minimum absolute atomic E-state index is 0.203. The van der Waals surface area contributed by atoms with E-state index in [0.717, 1.165) is 47.8 Å². The number of hydrogen-bond acceptors (Lipinski definition) is 4. The minimum Gasteiger partial charge on any atom is -0.342 e.